The van der Waals surface area contributed by atoms with E-state index in [1.165, 1.54) is 0 Å². The molecule has 0 N–H and O–H groups in total. The van der Waals surface area contributed by atoms with Crippen LogP contribution < -0.4 is 0 Å². The van der Waals surface area contributed by atoms with Gasteiger partial charge in [-0.15, -0.1) is 0 Å². The molecule has 0 aromatic heterocycles. The SMILES string of the molecule is CC=CC=NC=CC. The molecule has 0 rings (SSSR count). The van der Waals surface area contributed by atoms with E-state index in [-0.39, 0.29) is 0 Å². The second-order valence-corrected chi connectivity index (χ2v) is 1.31. The first-order valence-electron chi connectivity index (χ1n) is 2.67. The summed E-state index contributed by atoms with van der Waals surface area (Å²) in [7, 11) is 0. The van der Waals surface area contributed by atoms with Crippen molar-refractivity contribution in [2.24, 2.45) is 4.99 Å². The van der Waals surface area contributed by atoms with Crippen molar-refractivity contribution >= 4 is 6.21 Å². The molecular formula is C7H11N. The van der Waals surface area contributed by atoms with Crippen LogP contribution in [0.2, 0.25) is 0 Å². The Labute approximate surface area is 50.4 Å². The summed E-state index contributed by atoms with van der Waals surface area (Å²) in [6.07, 6.45) is 9.22. The normalized spacial score (nSPS) is 12.8. The number of aliphatic imine (C=N–C) groups is 1. The monoisotopic (exact) mass is 109 g/mol. The van der Waals surface area contributed by atoms with Crippen molar-refractivity contribution in [2.75, 3.05) is 0 Å². The molecule has 8 heavy (non-hydrogen) atoms. The van der Waals surface area contributed by atoms with Crippen LogP contribution in [0.1, 0.15) is 13.8 Å². The van der Waals surface area contributed by atoms with Gasteiger partial charge in [0.1, 0.15) is 0 Å². The quantitative estimate of drug-likeness (QED) is 0.482. The van der Waals surface area contributed by atoms with Crippen molar-refractivity contribution in [3.8, 4) is 0 Å². The molecule has 0 aliphatic rings. The maximum atomic E-state index is 3.89. The van der Waals surface area contributed by atoms with Crippen LogP contribution in [0.3, 0.4) is 0 Å². The molecule has 0 saturated heterocycles. The zero-order valence-electron chi connectivity index (χ0n) is 5.33. The van der Waals surface area contributed by atoms with Crippen molar-refractivity contribution in [3.05, 3.63) is 24.4 Å². The third-order valence-electron chi connectivity index (χ3n) is 0.600. The molecule has 1 heteroatoms. The van der Waals surface area contributed by atoms with E-state index in [4.69, 9.17) is 0 Å². The largest absolute Gasteiger partial charge is 0.265 e. The number of rotatable bonds is 2. The van der Waals surface area contributed by atoms with E-state index >= 15 is 0 Å². The van der Waals surface area contributed by atoms with Gasteiger partial charge in [0.15, 0.2) is 0 Å². The Hall–Kier alpha value is -0.850. The van der Waals surface area contributed by atoms with Gasteiger partial charge in [-0.05, 0) is 19.9 Å². The first kappa shape index (κ1) is 7.15. The van der Waals surface area contributed by atoms with E-state index in [9.17, 15) is 0 Å². The Morgan fingerprint density at radius 2 is 1.88 bits per heavy atom. The molecular weight excluding hydrogens is 98.1 g/mol. The Kier molecular flexibility index (Phi) is 5.50. The molecule has 0 aromatic rings. The molecule has 0 aromatic carbocycles. The fourth-order valence-electron chi connectivity index (χ4n) is 0.272. The lowest BCUT2D eigenvalue weighted by molar-refractivity contribution is 1.55. The molecule has 0 amide bonds. The fourth-order valence-corrected chi connectivity index (χ4v) is 0.272. The van der Waals surface area contributed by atoms with Crippen molar-refractivity contribution in [3.63, 3.8) is 0 Å². The molecule has 1 nitrogen and oxygen atoms in total. The lowest BCUT2D eigenvalue weighted by atomic mass is 10.6. The average Bonchev–Trinajstić information content (AvgIpc) is 1.81. The van der Waals surface area contributed by atoms with E-state index in [0.717, 1.165) is 0 Å². The van der Waals surface area contributed by atoms with Crippen molar-refractivity contribution in [1.29, 1.82) is 0 Å². The van der Waals surface area contributed by atoms with Gasteiger partial charge in [-0.1, -0.05) is 12.2 Å². The molecule has 0 aliphatic carbocycles. The standard InChI is InChI=1S/C7H11N/c1-3-5-7-8-6-4-2/h3-7H,1-2H3. The van der Waals surface area contributed by atoms with Crippen LogP contribution in [0.25, 0.3) is 0 Å². The summed E-state index contributed by atoms with van der Waals surface area (Å²) in [5.74, 6) is 0. The smallest absolute Gasteiger partial charge is 0.0264 e. The highest BCUT2D eigenvalue weighted by molar-refractivity contribution is 5.71. The molecule has 0 bridgehead atoms. The first-order chi connectivity index (χ1) is 3.91. The second-order valence-electron chi connectivity index (χ2n) is 1.31. The predicted octanol–water partition coefficient (Wildman–Crippen LogP) is 2.17. The van der Waals surface area contributed by atoms with Gasteiger partial charge in [0.2, 0.25) is 0 Å². The van der Waals surface area contributed by atoms with Gasteiger partial charge in [-0.2, -0.15) is 0 Å². The highest BCUT2D eigenvalue weighted by Gasteiger charge is 1.55. The summed E-state index contributed by atoms with van der Waals surface area (Å²) in [5, 5.41) is 0. The predicted molar refractivity (Wildman–Crippen MR) is 38.1 cm³/mol. The van der Waals surface area contributed by atoms with Gasteiger partial charge in [0, 0.05) is 12.4 Å². The van der Waals surface area contributed by atoms with Crippen molar-refractivity contribution < 1.29 is 0 Å². The molecule has 0 spiro atoms. The summed E-state index contributed by atoms with van der Waals surface area (Å²) in [6.45, 7) is 3.90. The van der Waals surface area contributed by atoms with Crippen LogP contribution in [0.5, 0.6) is 0 Å². The van der Waals surface area contributed by atoms with Gasteiger partial charge in [-0.25, -0.2) is 0 Å². The third kappa shape index (κ3) is 5.15. The minimum atomic E-state index is 1.75. The summed E-state index contributed by atoms with van der Waals surface area (Å²) >= 11 is 0. The van der Waals surface area contributed by atoms with E-state index in [0.29, 0.717) is 0 Å². The molecule has 0 unspecified atom stereocenters. The number of allylic oxidation sites excluding steroid dienone is 3. The molecule has 0 atom stereocenters. The van der Waals surface area contributed by atoms with Crippen LogP contribution in [-0.4, -0.2) is 6.21 Å². The minimum absolute atomic E-state index is 1.75. The van der Waals surface area contributed by atoms with Gasteiger partial charge in [0.05, 0.1) is 0 Å². The Balaban J connectivity index is 3.35. The summed E-state index contributed by atoms with van der Waals surface area (Å²) in [6, 6.07) is 0. The van der Waals surface area contributed by atoms with Crippen LogP contribution in [0.15, 0.2) is 29.4 Å². The van der Waals surface area contributed by atoms with Crippen LogP contribution in [-0.2, 0) is 0 Å². The van der Waals surface area contributed by atoms with Crippen LogP contribution >= 0.6 is 0 Å². The summed E-state index contributed by atoms with van der Waals surface area (Å²) in [4.78, 5) is 3.89. The summed E-state index contributed by atoms with van der Waals surface area (Å²) < 4.78 is 0. The Morgan fingerprint density at radius 3 is 2.38 bits per heavy atom. The molecule has 0 saturated carbocycles. The zero-order chi connectivity index (χ0) is 6.24. The number of hydrogen-bond donors (Lipinski definition) is 0. The van der Waals surface area contributed by atoms with E-state index < -0.39 is 0 Å². The van der Waals surface area contributed by atoms with Crippen LogP contribution in [0, 0.1) is 0 Å². The molecule has 0 fully saturated rings. The second kappa shape index (κ2) is 6.15. The van der Waals surface area contributed by atoms with Gasteiger partial charge in [-0.3, -0.25) is 4.99 Å². The van der Waals surface area contributed by atoms with E-state index in [1.807, 2.05) is 32.1 Å². The molecule has 44 valence electrons. The number of nitrogens with zero attached hydrogens (tertiary/aromatic N) is 1. The highest BCUT2D eigenvalue weighted by atomic mass is 14.6. The Morgan fingerprint density at radius 1 is 1.12 bits per heavy atom. The Bertz CT molecular complexity index is 95.6. The lowest BCUT2D eigenvalue weighted by Gasteiger charge is -1.69. The van der Waals surface area contributed by atoms with Crippen molar-refractivity contribution in [2.45, 2.75) is 13.8 Å². The highest BCUT2D eigenvalue weighted by Crippen LogP contribution is 1.71. The minimum Gasteiger partial charge on any atom is -0.265 e. The van der Waals surface area contributed by atoms with Crippen LogP contribution in [0.4, 0.5) is 0 Å². The van der Waals surface area contributed by atoms with E-state index in [2.05, 4.69) is 4.99 Å². The molecule has 0 aliphatic heterocycles. The first-order valence-corrected chi connectivity index (χ1v) is 2.67. The van der Waals surface area contributed by atoms with E-state index in [1.54, 1.807) is 12.4 Å². The lowest BCUT2D eigenvalue weighted by Crippen LogP contribution is -1.57. The van der Waals surface area contributed by atoms with Gasteiger partial charge in [0.25, 0.3) is 0 Å². The number of hydrogen-bond acceptors (Lipinski definition) is 1. The maximum Gasteiger partial charge on any atom is 0.0264 e. The zero-order valence-corrected chi connectivity index (χ0v) is 5.33. The average molecular weight is 109 g/mol. The maximum absolute atomic E-state index is 3.89. The fraction of sp³-hybridized carbons (Fsp3) is 0.286. The van der Waals surface area contributed by atoms with Gasteiger partial charge < -0.3 is 0 Å². The van der Waals surface area contributed by atoms with Gasteiger partial charge >= 0.3 is 0 Å². The topological polar surface area (TPSA) is 12.4 Å². The van der Waals surface area contributed by atoms with Crippen molar-refractivity contribution in [1.82, 2.24) is 0 Å². The summed E-state index contributed by atoms with van der Waals surface area (Å²) in [5.41, 5.74) is 0. The molecule has 0 heterocycles. The molecule has 0 radical (unpaired) electrons. The third-order valence-corrected chi connectivity index (χ3v) is 0.600.